The largest absolute Gasteiger partial charge is 0.396 e. The van der Waals surface area contributed by atoms with Gasteiger partial charge in [-0.3, -0.25) is 0 Å². The highest BCUT2D eigenvalue weighted by Gasteiger charge is 2.38. The Morgan fingerprint density at radius 1 is 1.60 bits per heavy atom. The van der Waals surface area contributed by atoms with Crippen LogP contribution >= 0.6 is 0 Å². The minimum atomic E-state index is 0.282. The van der Waals surface area contributed by atoms with Crippen molar-refractivity contribution in [2.24, 2.45) is 17.8 Å². The summed E-state index contributed by atoms with van der Waals surface area (Å²) in [5.41, 5.74) is 1.25. The molecule has 10 heavy (non-hydrogen) atoms. The number of hydrogen-bond acceptors (Lipinski definition) is 1. The van der Waals surface area contributed by atoms with Gasteiger partial charge in [-0.05, 0) is 18.3 Å². The van der Waals surface area contributed by atoms with Crippen LogP contribution in [0.4, 0.5) is 0 Å². The van der Waals surface area contributed by atoms with Crippen molar-refractivity contribution in [2.75, 3.05) is 6.61 Å². The highest BCUT2D eigenvalue weighted by Crippen LogP contribution is 2.46. The van der Waals surface area contributed by atoms with Crippen molar-refractivity contribution in [1.29, 1.82) is 0 Å². The van der Waals surface area contributed by atoms with E-state index in [1.807, 2.05) is 0 Å². The Labute approximate surface area is 61.1 Å². The van der Waals surface area contributed by atoms with Crippen LogP contribution in [0.1, 0.15) is 6.42 Å². The van der Waals surface area contributed by atoms with E-state index in [0.29, 0.717) is 17.8 Å². The van der Waals surface area contributed by atoms with Crippen molar-refractivity contribution in [3.8, 4) is 0 Å². The number of rotatable bonds is 1. The van der Waals surface area contributed by atoms with Gasteiger partial charge in [-0.2, -0.15) is 0 Å². The summed E-state index contributed by atoms with van der Waals surface area (Å²) >= 11 is 0. The van der Waals surface area contributed by atoms with Crippen LogP contribution < -0.4 is 0 Å². The van der Waals surface area contributed by atoms with E-state index in [9.17, 15) is 0 Å². The molecule has 1 saturated carbocycles. The maximum absolute atomic E-state index is 8.96. The molecule has 1 nitrogen and oxygen atoms in total. The second-order valence-electron chi connectivity index (χ2n) is 3.25. The zero-order valence-corrected chi connectivity index (χ0v) is 5.96. The molecule has 0 aromatic rings. The first-order chi connectivity index (χ1) is 4.83. The molecule has 1 heteroatoms. The quantitative estimate of drug-likeness (QED) is 0.539. The van der Waals surface area contributed by atoms with Gasteiger partial charge in [0.1, 0.15) is 0 Å². The molecule has 0 radical (unpaired) electrons. The van der Waals surface area contributed by atoms with Crippen LogP contribution in [0, 0.1) is 17.8 Å². The maximum Gasteiger partial charge on any atom is 0.0502 e. The molecule has 3 atom stereocenters. The third-order valence-electron chi connectivity index (χ3n) is 2.78. The normalized spacial score (nSPS) is 43.3. The summed E-state index contributed by atoms with van der Waals surface area (Å²) in [5, 5.41) is 8.96. The summed E-state index contributed by atoms with van der Waals surface area (Å²) in [7, 11) is 0. The van der Waals surface area contributed by atoms with Crippen molar-refractivity contribution >= 4 is 0 Å². The highest BCUT2D eigenvalue weighted by molar-refractivity contribution is 5.28. The van der Waals surface area contributed by atoms with E-state index in [-0.39, 0.29) is 6.61 Å². The molecule has 2 aliphatic rings. The summed E-state index contributed by atoms with van der Waals surface area (Å²) in [6.45, 7) is 4.26. The van der Waals surface area contributed by atoms with Gasteiger partial charge in [0, 0.05) is 5.92 Å². The van der Waals surface area contributed by atoms with E-state index >= 15 is 0 Å². The predicted octanol–water partition coefficient (Wildman–Crippen LogP) is 1.36. The molecule has 0 amide bonds. The molecule has 0 unspecified atom stereocenters. The molecule has 0 spiro atoms. The van der Waals surface area contributed by atoms with Crippen LogP contribution in [0.3, 0.4) is 0 Å². The van der Waals surface area contributed by atoms with Crippen LogP contribution in [0.15, 0.2) is 24.3 Å². The molecule has 0 saturated heterocycles. The first-order valence-corrected chi connectivity index (χ1v) is 3.81. The smallest absolute Gasteiger partial charge is 0.0502 e. The van der Waals surface area contributed by atoms with Crippen molar-refractivity contribution in [1.82, 2.24) is 0 Å². The summed E-state index contributed by atoms with van der Waals surface area (Å²) in [4.78, 5) is 0. The van der Waals surface area contributed by atoms with Gasteiger partial charge in [-0.15, -0.1) is 0 Å². The third-order valence-corrected chi connectivity index (χ3v) is 2.78. The van der Waals surface area contributed by atoms with E-state index < -0.39 is 0 Å². The number of allylic oxidation sites excluding steroid dienone is 2. The Morgan fingerprint density at radius 3 is 2.80 bits per heavy atom. The first kappa shape index (κ1) is 6.17. The second kappa shape index (κ2) is 1.96. The molecule has 2 rings (SSSR count). The highest BCUT2D eigenvalue weighted by atomic mass is 16.3. The third kappa shape index (κ3) is 0.613. The molecule has 0 aliphatic heterocycles. The lowest BCUT2D eigenvalue weighted by Crippen LogP contribution is -2.13. The first-order valence-electron chi connectivity index (χ1n) is 3.81. The number of fused-ring (bicyclic) bond motifs is 2. The zero-order valence-electron chi connectivity index (χ0n) is 5.96. The average molecular weight is 136 g/mol. The van der Waals surface area contributed by atoms with Gasteiger partial charge in [-0.25, -0.2) is 0 Å². The van der Waals surface area contributed by atoms with E-state index in [2.05, 4.69) is 18.7 Å². The van der Waals surface area contributed by atoms with E-state index in [4.69, 9.17) is 5.11 Å². The Balaban J connectivity index is 2.26. The average Bonchev–Trinajstić information content (AvgIpc) is 2.46. The van der Waals surface area contributed by atoms with Crippen LogP contribution in [-0.4, -0.2) is 11.7 Å². The molecule has 0 heterocycles. The van der Waals surface area contributed by atoms with E-state index in [0.717, 1.165) is 0 Å². The minimum absolute atomic E-state index is 0.282. The summed E-state index contributed by atoms with van der Waals surface area (Å²) in [6, 6.07) is 0. The Kier molecular flexibility index (Phi) is 1.21. The molecule has 0 aromatic carbocycles. The van der Waals surface area contributed by atoms with Gasteiger partial charge >= 0.3 is 0 Å². The minimum Gasteiger partial charge on any atom is -0.396 e. The Morgan fingerprint density at radius 2 is 2.40 bits per heavy atom. The van der Waals surface area contributed by atoms with Crippen molar-refractivity contribution in [3.63, 3.8) is 0 Å². The van der Waals surface area contributed by atoms with Gasteiger partial charge in [0.15, 0.2) is 0 Å². The fraction of sp³-hybridized carbons (Fsp3) is 0.556. The van der Waals surface area contributed by atoms with Crippen LogP contribution in [0.2, 0.25) is 0 Å². The fourth-order valence-corrected chi connectivity index (χ4v) is 2.10. The van der Waals surface area contributed by atoms with Gasteiger partial charge in [0.25, 0.3) is 0 Å². The fourth-order valence-electron chi connectivity index (χ4n) is 2.10. The standard InChI is InChI=1S/C9H12O/c1-6-7-2-3-8(4-7)9(6)5-10/h2-3,7-10H,1,4-5H2/t7-,8+,9-/m0/s1. The number of aliphatic hydroxyl groups excluding tert-OH is 1. The lowest BCUT2D eigenvalue weighted by Gasteiger charge is -2.16. The van der Waals surface area contributed by atoms with Gasteiger partial charge in [0.2, 0.25) is 0 Å². The van der Waals surface area contributed by atoms with Crippen molar-refractivity contribution < 1.29 is 5.11 Å². The molecular formula is C9H12O. The molecule has 1 fully saturated rings. The zero-order chi connectivity index (χ0) is 7.14. The summed E-state index contributed by atoms with van der Waals surface area (Å²) < 4.78 is 0. The van der Waals surface area contributed by atoms with E-state index in [1.165, 1.54) is 12.0 Å². The SMILES string of the molecule is C=C1[C@H]2C=C[C@H](C2)[C@H]1CO. The summed E-state index contributed by atoms with van der Waals surface area (Å²) in [5.74, 6) is 1.56. The van der Waals surface area contributed by atoms with Crippen LogP contribution in [0.25, 0.3) is 0 Å². The van der Waals surface area contributed by atoms with Crippen molar-refractivity contribution in [3.05, 3.63) is 24.3 Å². The molecule has 54 valence electrons. The lowest BCUT2D eigenvalue weighted by molar-refractivity contribution is 0.230. The molecule has 2 bridgehead atoms. The molecular weight excluding hydrogens is 124 g/mol. The molecule has 1 N–H and O–H groups in total. The topological polar surface area (TPSA) is 20.2 Å². The second-order valence-corrected chi connectivity index (χ2v) is 3.25. The molecule has 0 aromatic heterocycles. The van der Waals surface area contributed by atoms with Gasteiger partial charge in [-0.1, -0.05) is 24.3 Å². The molecule has 2 aliphatic carbocycles. The van der Waals surface area contributed by atoms with Crippen molar-refractivity contribution in [2.45, 2.75) is 6.42 Å². The monoisotopic (exact) mass is 136 g/mol. The number of aliphatic hydroxyl groups is 1. The Bertz CT molecular complexity index is 193. The Hall–Kier alpha value is -0.560. The van der Waals surface area contributed by atoms with Crippen LogP contribution in [0.5, 0.6) is 0 Å². The lowest BCUT2D eigenvalue weighted by atomic mass is 9.91. The number of hydrogen-bond donors (Lipinski definition) is 1. The van der Waals surface area contributed by atoms with E-state index in [1.54, 1.807) is 0 Å². The maximum atomic E-state index is 8.96. The van der Waals surface area contributed by atoms with Crippen LogP contribution in [-0.2, 0) is 0 Å². The predicted molar refractivity (Wildman–Crippen MR) is 40.5 cm³/mol. The van der Waals surface area contributed by atoms with Gasteiger partial charge < -0.3 is 5.11 Å². The summed E-state index contributed by atoms with van der Waals surface area (Å²) in [6.07, 6.45) is 5.64. The van der Waals surface area contributed by atoms with Gasteiger partial charge in [0.05, 0.1) is 6.61 Å².